The Bertz CT molecular complexity index is 462. The lowest BCUT2D eigenvalue weighted by atomic mass is 10.3. The van der Waals surface area contributed by atoms with Gasteiger partial charge in [0.15, 0.2) is 11.4 Å². The van der Waals surface area contributed by atoms with Crippen LogP contribution in [0.15, 0.2) is 12.3 Å². The number of amides is 2. The number of ether oxygens (including phenoxy) is 2. The van der Waals surface area contributed by atoms with Crippen molar-refractivity contribution in [2.45, 2.75) is 13.8 Å². The van der Waals surface area contributed by atoms with E-state index < -0.39 is 11.8 Å². The third-order valence-corrected chi connectivity index (χ3v) is 2.09. The highest BCUT2D eigenvalue weighted by Gasteiger charge is 2.17. The Hall–Kier alpha value is -2.15. The van der Waals surface area contributed by atoms with E-state index >= 15 is 0 Å². The molecule has 7 heteroatoms. The fourth-order valence-electron chi connectivity index (χ4n) is 1.35. The van der Waals surface area contributed by atoms with Crippen molar-refractivity contribution in [3.8, 4) is 11.5 Å². The molecule has 0 fully saturated rings. The summed E-state index contributed by atoms with van der Waals surface area (Å²) in [7, 11) is 0. The zero-order chi connectivity index (χ0) is 14.3. The molecule has 3 N–H and O–H groups in total. The first-order chi connectivity index (χ1) is 9.12. The number of carbonyl (C=O) groups excluding carboxylic acids is 2. The second-order valence-corrected chi connectivity index (χ2v) is 3.47. The van der Waals surface area contributed by atoms with Gasteiger partial charge in [-0.05, 0) is 13.8 Å². The molecule has 2 amide bonds. The molecule has 0 aliphatic carbocycles. The minimum atomic E-state index is -0.651. The number of nitrogens with one attached hydrogen (secondary N) is 1. The van der Waals surface area contributed by atoms with E-state index in [4.69, 9.17) is 15.2 Å². The number of pyridine rings is 1. The largest absolute Gasteiger partial charge is 0.492 e. The number of hydrogen-bond acceptors (Lipinski definition) is 6. The number of hydrogen-bond donors (Lipinski definition) is 2. The van der Waals surface area contributed by atoms with E-state index in [0.29, 0.717) is 19.0 Å². The molecule has 0 aromatic carbocycles. The average Bonchev–Trinajstić information content (AvgIpc) is 2.39. The van der Waals surface area contributed by atoms with Gasteiger partial charge in [0.25, 0.3) is 5.91 Å². The van der Waals surface area contributed by atoms with Gasteiger partial charge in [-0.15, -0.1) is 0 Å². The maximum Gasteiger partial charge on any atom is 0.280 e. The molecule has 0 unspecified atom stereocenters. The highest BCUT2D eigenvalue weighted by atomic mass is 16.5. The van der Waals surface area contributed by atoms with Crippen molar-refractivity contribution in [3.63, 3.8) is 0 Å². The van der Waals surface area contributed by atoms with Gasteiger partial charge >= 0.3 is 0 Å². The molecule has 0 atom stereocenters. The molecular weight excluding hydrogens is 250 g/mol. The topological polar surface area (TPSA) is 104 Å². The zero-order valence-corrected chi connectivity index (χ0v) is 10.9. The van der Waals surface area contributed by atoms with Crippen molar-refractivity contribution in [1.82, 2.24) is 10.3 Å². The molecule has 1 aromatic rings. The zero-order valence-electron chi connectivity index (χ0n) is 10.9. The molecule has 0 bridgehead atoms. The van der Waals surface area contributed by atoms with E-state index in [1.165, 1.54) is 6.20 Å². The molecule has 0 aliphatic heterocycles. The Labute approximate surface area is 111 Å². The molecule has 0 radical (unpaired) electrons. The molecular formula is C12H17N3O4. The summed E-state index contributed by atoms with van der Waals surface area (Å²) >= 11 is 0. The number of carbonyl (C=O) groups is 2. The first kappa shape index (κ1) is 14.9. The molecule has 1 rings (SSSR count). The van der Waals surface area contributed by atoms with E-state index in [1.54, 1.807) is 13.0 Å². The molecule has 1 aromatic heterocycles. The molecule has 0 spiro atoms. The van der Waals surface area contributed by atoms with Crippen molar-refractivity contribution in [1.29, 1.82) is 0 Å². The van der Waals surface area contributed by atoms with Crippen LogP contribution >= 0.6 is 0 Å². The third kappa shape index (κ3) is 4.22. The molecule has 0 saturated heterocycles. The number of aromatic nitrogens is 1. The third-order valence-electron chi connectivity index (χ3n) is 2.09. The van der Waals surface area contributed by atoms with Gasteiger partial charge in [-0.25, -0.2) is 4.98 Å². The van der Waals surface area contributed by atoms with Gasteiger partial charge in [0, 0.05) is 6.07 Å². The van der Waals surface area contributed by atoms with Crippen molar-refractivity contribution in [2.75, 3.05) is 19.8 Å². The standard InChI is InChI=1S/C12H17N3O4/c1-3-18-8-5-9(19-4-2)11(14-7-8)12(17)15-10(16)6-13/h5,7H,3-4,6,13H2,1-2H3,(H,15,16,17). The minimum Gasteiger partial charge on any atom is -0.492 e. The normalized spacial score (nSPS) is 9.84. The Morgan fingerprint density at radius 2 is 2.00 bits per heavy atom. The highest BCUT2D eigenvalue weighted by Crippen LogP contribution is 2.22. The SMILES string of the molecule is CCOc1cnc(C(=O)NC(=O)CN)c(OCC)c1. The highest BCUT2D eigenvalue weighted by molar-refractivity contribution is 6.05. The Kier molecular flexibility index (Phi) is 5.74. The average molecular weight is 267 g/mol. The van der Waals surface area contributed by atoms with Crippen LogP contribution in [0.2, 0.25) is 0 Å². The van der Waals surface area contributed by atoms with Gasteiger partial charge in [0.1, 0.15) is 5.75 Å². The maximum atomic E-state index is 11.8. The van der Waals surface area contributed by atoms with Crippen molar-refractivity contribution < 1.29 is 19.1 Å². The second kappa shape index (κ2) is 7.32. The number of imide groups is 1. The number of nitrogens with two attached hydrogens (primary N) is 1. The van der Waals surface area contributed by atoms with Crippen LogP contribution in [0.4, 0.5) is 0 Å². The summed E-state index contributed by atoms with van der Waals surface area (Å²) in [5, 5.41) is 2.11. The lowest BCUT2D eigenvalue weighted by Crippen LogP contribution is -2.36. The van der Waals surface area contributed by atoms with Gasteiger partial charge in [-0.3, -0.25) is 14.9 Å². The van der Waals surface area contributed by atoms with E-state index in [0.717, 1.165) is 0 Å². The second-order valence-electron chi connectivity index (χ2n) is 3.47. The lowest BCUT2D eigenvalue weighted by Gasteiger charge is -2.11. The Morgan fingerprint density at radius 1 is 1.32 bits per heavy atom. The van der Waals surface area contributed by atoms with Gasteiger partial charge < -0.3 is 15.2 Å². The monoisotopic (exact) mass is 267 g/mol. The Morgan fingerprint density at radius 3 is 2.58 bits per heavy atom. The summed E-state index contributed by atoms with van der Waals surface area (Å²) in [5.74, 6) is -0.478. The van der Waals surface area contributed by atoms with Crippen LogP contribution in [0, 0.1) is 0 Å². The first-order valence-electron chi connectivity index (χ1n) is 5.92. The van der Waals surface area contributed by atoms with Gasteiger partial charge in [-0.1, -0.05) is 0 Å². The fourth-order valence-corrected chi connectivity index (χ4v) is 1.35. The predicted molar refractivity (Wildman–Crippen MR) is 68.1 cm³/mol. The minimum absolute atomic E-state index is 0.0205. The number of rotatable bonds is 6. The van der Waals surface area contributed by atoms with Crippen LogP contribution in [0.3, 0.4) is 0 Å². The summed E-state index contributed by atoms with van der Waals surface area (Å²) < 4.78 is 10.6. The summed E-state index contributed by atoms with van der Waals surface area (Å²) in [6.07, 6.45) is 1.40. The summed E-state index contributed by atoms with van der Waals surface area (Å²) in [5.41, 5.74) is 5.14. The summed E-state index contributed by atoms with van der Waals surface area (Å²) in [6.45, 7) is 4.18. The van der Waals surface area contributed by atoms with Crippen LogP contribution in [0.25, 0.3) is 0 Å². The smallest absolute Gasteiger partial charge is 0.280 e. The molecule has 0 saturated carbocycles. The van der Waals surface area contributed by atoms with Crippen molar-refractivity contribution in [3.05, 3.63) is 18.0 Å². The molecule has 7 nitrogen and oxygen atoms in total. The predicted octanol–water partition coefficient (Wildman–Crippen LogP) is 0.0941. The van der Waals surface area contributed by atoms with E-state index in [1.807, 2.05) is 6.92 Å². The summed E-state index contributed by atoms with van der Waals surface area (Å²) in [6, 6.07) is 1.56. The van der Waals surface area contributed by atoms with Crippen LogP contribution in [0.5, 0.6) is 11.5 Å². The van der Waals surface area contributed by atoms with Crippen molar-refractivity contribution in [2.24, 2.45) is 5.73 Å². The Balaban J connectivity index is 2.98. The van der Waals surface area contributed by atoms with E-state index in [9.17, 15) is 9.59 Å². The lowest BCUT2D eigenvalue weighted by molar-refractivity contribution is -0.118. The van der Waals surface area contributed by atoms with E-state index in [-0.39, 0.29) is 18.0 Å². The number of nitrogens with zero attached hydrogens (tertiary/aromatic N) is 1. The van der Waals surface area contributed by atoms with Gasteiger partial charge in [0.05, 0.1) is 26.0 Å². The quantitative estimate of drug-likeness (QED) is 0.757. The maximum absolute atomic E-state index is 11.8. The van der Waals surface area contributed by atoms with Crippen LogP contribution in [-0.2, 0) is 4.79 Å². The fraction of sp³-hybridized carbons (Fsp3) is 0.417. The summed E-state index contributed by atoms with van der Waals surface area (Å²) in [4.78, 5) is 26.8. The van der Waals surface area contributed by atoms with Crippen LogP contribution in [0.1, 0.15) is 24.3 Å². The molecule has 19 heavy (non-hydrogen) atoms. The van der Waals surface area contributed by atoms with Gasteiger partial charge in [0.2, 0.25) is 5.91 Å². The first-order valence-corrected chi connectivity index (χ1v) is 5.92. The van der Waals surface area contributed by atoms with Crippen LogP contribution in [-0.4, -0.2) is 36.6 Å². The molecule has 0 aliphatic rings. The van der Waals surface area contributed by atoms with E-state index in [2.05, 4.69) is 10.3 Å². The van der Waals surface area contributed by atoms with Crippen LogP contribution < -0.4 is 20.5 Å². The van der Waals surface area contributed by atoms with Gasteiger partial charge in [-0.2, -0.15) is 0 Å². The molecule has 1 heterocycles. The van der Waals surface area contributed by atoms with Crippen molar-refractivity contribution >= 4 is 11.8 Å². The molecule has 104 valence electrons.